The summed E-state index contributed by atoms with van der Waals surface area (Å²) in [7, 11) is 0. The van der Waals surface area contributed by atoms with Crippen LogP contribution in [0, 0.1) is 0 Å². The molecule has 1 aromatic carbocycles. The number of piperazine rings is 1. The molecule has 2 saturated heterocycles. The smallest absolute Gasteiger partial charge is 0.164 e. The Kier molecular flexibility index (Phi) is 4.94. The molecule has 3 N–H and O–H groups in total. The summed E-state index contributed by atoms with van der Waals surface area (Å²) in [4.78, 5) is 14.7. The van der Waals surface area contributed by atoms with Gasteiger partial charge in [-0.15, -0.1) is 0 Å². The molecule has 0 unspecified atom stereocenters. The SMILES string of the molecule is Nc1cc2cc(-c3ccccc3)c(N3CCNCC3)nc2nc1N1CCCCC1. The van der Waals surface area contributed by atoms with Gasteiger partial charge in [0.2, 0.25) is 0 Å². The molecule has 0 aliphatic carbocycles. The summed E-state index contributed by atoms with van der Waals surface area (Å²) in [6.45, 7) is 5.90. The van der Waals surface area contributed by atoms with Crippen molar-refractivity contribution in [2.45, 2.75) is 19.3 Å². The Morgan fingerprint density at radius 2 is 1.48 bits per heavy atom. The summed E-state index contributed by atoms with van der Waals surface area (Å²) in [5, 5.41) is 4.43. The quantitative estimate of drug-likeness (QED) is 0.718. The van der Waals surface area contributed by atoms with Crippen LogP contribution in [0.25, 0.3) is 22.2 Å². The number of piperidine rings is 1. The van der Waals surface area contributed by atoms with Crippen LogP contribution in [0.1, 0.15) is 19.3 Å². The zero-order valence-electron chi connectivity index (χ0n) is 16.8. The van der Waals surface area contributed by atoms with Crippen LogP contribution in [-0.4, -0.2) is 49.2 Å². The Labute approximate surface area is 171 Å². The van der Waals surface area contributed by atoms with Crippen LogP contribution in [0.5, 0.6) is 0 Å². The highest BCUT2D eigenvalue weighted by Crippen LogP contribution is 2.35. The van der Waals surface area contributed by atoms with Gasteiger partial charge in [-0.1, -0.05) is 30.3 Å². The lowest BCUT2D eigenvalue weighted by Crippen LogP contribution is -2.44. The van der Waals surface area contributed by atoms with Crippen molar-refractivity contribution in [1.29, 1.82) is 0 Å². The van der Waals surface area contributed by atoms with E-state index in [4.69, 9.17) is 15.7 Å². The predicted octanol–water partition coefficient (Wildman–Crippen LogP) is 3.28. The van der Waals surface area contributed by atoms with E-state index < -0.39 is 0 Å². The molecule has 0 spiro atoms. The summed E-state index contributed by atoms with van der Waals surface area (Å²) in [6, 6.07) is 14.7. The van der Waals surface area contributed by atoms with Crippen LogP contribution in [0.2, 0.25) is 0 Å². The van der Waals surface area contributed by atoms with Crippen molar-refractivity contribution in [2.75, 3.05) is 54.8 Å². The van der Waals surface area contributed by atoms with Crippen molar-refractivity contribution in [1.82, 2.24) is 15.3 Å². The molecule has 0 saturated carbocycles. The summed E-state index contributed by atoms with van der Waals surface area (Å²) < 4.78 is 0. The molecule has 0 atom stereocenters. The van der Waals surface area contributed by atoms with E-state index >= 15 is 0 Å². The predicted molar refractivity (Wildman–Crippen MR) is 121 cm³/mol. The molecule has 6 nitrogen and oxygen atoms in total. The van der Waals surface area contributed by atoms with Crippen molar-refractivity contribution in [3.05, 3.63) is 42.5 Å². The number of hydrogen-bond acceptors (Lipinski definition) is 6. The average Bonchev–Trinajstić information content (AvgIpc) is 2.79. The first-order chi connectivity index (χ1) is 14.3. The molecular formula is C23H28N6. The van der Waals surface area contributed by atoms with Crippen molar-refractivity contribution in [2.24, 2.45) is 0 Å². The minimum absolute atomic E-state index is 0.745. The number of hydrogen-bond donors (Lipinski definition) is 2. The number of nitrogens with zero attached hydrogens (tertiary/aromatic N) is 4. The van der Waals surface area contributed by atoms with Gasteiger partial charge in [-0.25, -0.2) is 9.97 Å². The number of nitrogens with two attached hydrogens (primary N) is 1. The molecule has 3 aromatic rings. The second-order valence-corrected chi connectivity index (χ2v) is 7.96. The third kappa shape index (κ3) is 3.60. The van der Waals surface area contributed by atoms with Gasteiger partial charge in [-0.05, 0) is 37.0 Å². The zero-order chi connectivity index (χ0) is 19.6. The summed E-state index contributed by atoms with van der Waals surface area (Å²) >= 11 is 0. The number of nitrogens with one attached hydrogen (secondary N) is 1. The van der Waals surface area contributed by atoms with Crippen molar-refractivity contribution in [3.8, 4) is 11.1 Å². The number of anilines is 3. The molecule has 150 valence electrons. The molecule has 2 aromatic heterocycles. The third-order valence-corrected chi connectivity index (χ3v) is 5.95. The molecule has 2 aliphatic heterocycles. The van der Waals surface area contributed by atoms with Crippen molar-refractivity contribution < 1.29 is 0 Å². The maximum absolute atomic E-state index is 6.44. The number of nitrogen functional groups attached to an aromatic ring is 1. The van der Waals surface area contributed by atoms with Crippen LogP contribution in [0.4, 0.5) is 17.3 Å². The minimum Gasteiger partial charge on any atom is -0.396 e. The molecular weight excluding hydrogens is 360 g/mol. The fourth-order valence-corrected chi connectivity index (χ4v) is 4.41. The Hall–Kier alpha value is -2.86. The van der Waals surface area contributed by atoms with E-state index in [9.17, 15) is 0 Å². The first kappa shape index (κ1) is 18.2. The Bertz CT molecular complexity index is 991. The molecule has 4 heterocycles. The highest BCUT2D eigenvalue weighted by molar-refractivity contribution is 5.91. The normalized spacial score (nSPS) is 17.7. The number of rotatable bonds is 3. The molecule has 2 fully saturated rings. The molecule has 5 rings (SSSR count). The van der Waals surface area contributed by atoms with E-state index in [0.29, 0.717) is 0 Å². The van der Waals surface area contributed by atoms with Gasteiger partial charge in [0.1, 0.15) is 5.82 Å². The summed E-state index contributed by atoms with van der Waals surface area (Å²) in [5.74, 6) is 1.91. The fraction of sp³-hybridized carbons (Fsp3) is 0.391. The van der Waals surface area contributed by atoms with E-state index in [2.05, 4.69) is 45.4 Å². The highest BCUT2D eigenvalue weighted by Gasteiger charge is 2.21. The molecule has 0 bridgehead atoms. The van der Waals surface area contributed by atoms with Crippen LogP contribution in [0.15, 0.2) is 42.5 Å². The van der Waals surface area contributed by atoms with E-state index in [1.54, 1.807) is 0 Å². The third-order valence-electron chi connectivity index (χ3n) is 5.95. The Morgan fingerprint density at radius 1 is 0.793 bits per heavy atom. The van der Waals surface area contributed by atoms with Gasteiger partial charge in [-0.3, -0.25) is 0 Å². The molecule has 0 amide bonds. The lowest BCUT2D eigenvalue weighted by molar-refractivity contribution is 0.574. The maximum atomic E-state index is 6.44. The number of fused-ring (bicyclic) bond motifs is 1. The molecule has 29 heavy (non-hydrogen) atoms. The first-order valence-corrected chi connectivity index (χ1v) is 10.7. The van der Waals surface area contributed by atoms with Gasteiger partial charge in [0.25, 0.3) is 0 Å². The summed E-state index contributed by atoms with van der Waals surface area (Å²) in [6.07, 6.45) is 3.69. The second-order valence-electron chi connectivity index (χ2n) is 7.96. The summed E-state index contributed by atoms with van der Waals surface area (Å²) in [5.41, 5.74) is 10.3. The van der Waals surface area contributed by atoms with Crippen LogP contribution in [0.3, 0.4) is 0 Å². The zero-order valence-corrected chi connectivity index (χ0v) is 16.8. The molecule has 2 aliphatic rings. The lowest BCUT2D eigenvalue weighted by atomic mass is 10.0. The van der Waals surface area contributed by atoms with Gasteiger partial charge < -0.3 is 20.9 Å². The fourth-order valence-electron chi connectivity index (χ4n) is 4.41. The van der Waals surface area contributed by atoms with E-state index in [-0.39, 0.29) is 0 Å². The van der Waals surface area contributed by atoms with E-state index in [1.165, 1.54) is 24.8 Å². The first-order valence-electron chi connectivity index (χ1n) is 10.7. The molecule has 6 heteroatoms. The van der Waals surface area contributed by atoms with Gasteiger partial charge in [0.15, 0.2) is 11.5 Å². The highest BCUT2D eigenvalue weighted by atomic mass is 15.2. The van der Waals surface area contributed by atoms with Crippen molar-refractivity contribution in [3.63, 3.8) is 0 Å². The van der Waals surface area contributed by atoms with Crippen LogP contribution < -0.4 is 20.9 Å². The van der Waals surface area contributed by atoms with Gasteiger partial charge in [0, 0.05) is 50.2 Å². The average molecular weight is 389 g/mol. The topological polar surface area (TPSA) is 70.3 Å². The maximum Gasteiger partial charge on any atom is 0.164 e. The second kappa shape index (κ2) is 7.87. The monoisotopic (exact) mass is 388 g/mol. The van der Waals surface area contributed by atoms with Gasteiger partial charge >= 0.3 is 0 Å². The largest absolute Gasteiger partial charge is 0.396 e. The standard InChI is InChI=1S/C23H28N6/c24-20-16-18-15-19(17-7-3-1-4-8-17)22(29-13-9-25-10-14-29)26-21(18)27-23(20)28-11-5-2-6-12-28/h1,3-4,7-8,15-16,25H,2,5-6,9-14,24H2. The lowest BCUT2D eigenvalue weighted by Gasteiger charge is -2.31. The van der Waals surface area contributed by atoms with Gasteiger partial charge in [-0.2, -0.15) is 0 Å². The van der Waals surface area contributed by atoms with E-state index in [0.717, 1.165) is 73.2 Å². The van der Waals surface area contributed by atoms with Crippen molar-refractivity contribution >= 4 is 28.4 Å². The number of benzene rings is 1. The molecule has 0 radical (unpaired) electrons. The minimum atomic E-state index is 0.745. The Morgan fingerprint density at radius 3 is 2.24 bits per heavy atom. The van der Waals surface area contributed by atoms with Crippen LogP contribution >= 0.6 is 0 Å². The number of pyridine rings is 2. The Balaban J connectivity index is 1.65. The van der Waals surface area contributed by atoms with E-state index in [1.807, 2.05) is 12.1 Å². The van der Waals surface area contributed by atoms with Crippen LogP contribution in [-0.2, 0) is 0 Å². The van der Waals surface area contributed by atoms with Gasteiger partial charge in [0.05, 0.1) is 5.69 Å². The number of aromatic nitrogens is 2.